The number of anilines is 1. The third kappa shape index (κ3) is 4.83. The average Bonchev–Trinajstić information content (AvgIpc) is 3.35. The van der Waals surface area contributed by atoms with Crippen molar-refractivity contribution in [2.75, 3.05) is 30.7 Å². The van der Waals surface area contributed by atoms with Gasteiger partial charge in [0.2, 0.25) is 0 Å². The van der Waals surface area contributed by atoms with Gasteiger partial charge in [-0.1, -0.05) is 30.3 Å². The van der Waals surface area contributed by atoms with Crippen LogP contribution in [0.3, 0.4) is 0 Å². The standard InChI is InChI=1S/C27H23NO7S/c29-24(21-8-11-25-26(17-21)34-16-15-33-25)18-35-27(30)12-7-19-5-9-22(10-6-19)36(31,32)28-14-13-20-3-1-2-4-23(20)28/h1-12,17H,13-16,18H2/b12-7+. The summed E-state index contributed by atoms with van der Waals surface area (Å²) in [5.74, 6) is -0.00227. The number of Topliss-reactive ketones (excluding diaryl/α,β-unsaturated/α-hetero) is 1. The lowest BCUT2D eigenvalue weighted by atomic mass is 10.1. The number of ether oxygens (including phenoxy) is 3. The highest BCUT2D eigenvalue weighted by molar-refractivity contribution is 7.92. The maximum Gasteiger partial charge on any atom is 0.331 e. The van der Waals surface area contributed by atoms with Crippen LogP contribution in [-0.4, -0.2) is 46.5 Å². The van der Waals surface area contributed by atoms with Crippen molar-refractivity contribution in [1.29, 1.82) is 0 Å². The van der Waals surface area contributed by atoms with Crippen LogP contribution < -0.4 is 13.8 Å². The van der Waals surface area contributed by atoms with Crippen molar-refractivity contribution in [3.05, 3.63) is 89.5 Å². The zero-order valence-corrected chi connectivity index (χ0v) is 20.1. The summed E-state index contributed by atoms with van der Waals surface area (Å²) in [6.45, 7) is 0.844. The Bertz CT molecular complexity index is 1450. The fourth-order valence-electron chi connectivity index (χ4n) is 4.08. The number of rotatable bonds is 7. The van der Waals surface area contributed by atoms with E-state index in [1.165, 1.54) is 28.6 Å². The summed E-state index contributed by atoms with van der Waals surface area (Å²) in [7, 11) is -3.69. The average molecular weight is 506 g/mol. The zero-order valence-electron chi connectivity index (χ0n) is 19.3. The lowest BCUT2D eigenvalue weighted by molar-refractivity contribution is -0.136. The van der Waals surface area contributed by atoms with Crippen LogP contribution in [0.5, 0.6) is 11.5 Å². The number of hydrogen-bond donors (Lipinski definition) is 0. The Balaban J connectivity index is 1.18. The van der Waals surface area contributed by atoms with Gasteiger partial charge in [-0.2, -0.15) is 0 Å². The van der Waals surface area contributed by atoms with Crippen LogP contribution >= 0.6 is 0 Å². The number of carbonyl (C=O) groups is 2. The van der Waals surface area contributed by atoms with Crippen LogP contribution in [0.2, 0.25) is 0 Å². The number of nitrogens with zero attached hydrogens (tertiary/aromatic N) is 1. The smallest absolute Gasteiger partial charge is 0.331 e. The van der Waals surface area contributed by atoms with Gasteiger partial charge in [-0.25, -0.2) is 13.2 Å². The van der Waals surface area contributed by atoms with E-state index in [1.807, 2.05) is 18.2 Å². The fraction of sp³-hybridized carbons (Fsp3) is 0.185. The van der Waals surface area contributed by atoms with Gasteiger partial charge in [0.15, 0.2) is 23.9 Å². The van der Waals surface area contributed by atoms with Gasteiger partial charge >= 0.3 is 5.97 Å². The molecule has 5 rings (SSSR count). The second-order valence-corrected chi connectivity index (χ2v) is 10.1. The number of ketones is 1. The van der Waals surface area contributed by atoms with Gasteiger partial charge in [-0.05, 0) is 60.0 Å². The summed E-state index contributed by atoms with van der Waals surface area (Å²) in [6, 6.07) is 18.5. The first-order valence-corrected chi connectivity index (χ1v) is 12.8. The first-order valence-electron chi connectivity index (χ1n) is 11.4. The molecule has 0 unspecified atom stereocenters. The largest absolute Gasteiger partial charge is 0.486 e. The first-order chi connectivity index (χ1) is 17.4. The molecule has 184 valence electrons. The Labute approximate surface area is 208 Å². The van der Waals surface area contributed by atoms with Crippen molar-refractivity contribution < 1.29 is 32.2 Å². The Hall–Kier alpha value is -4.11. The van der Waals surface area contributed by atoms with Gasteiger partial charge in [0.05, 0.1) is 10.6 Å². The molecule has 0 fully saturated rings. The first kappa shape index (κ1) is 23.6. The molecule has 0 aromatic heterocycles. The summed E-state index contributed by atoms with van der Waals surface area (Å²) >= 11 is 0. The molecule has 0 saturated heterocycles. The van der Waals surface area contributed by atoms with Crippen molar-refractivity contribution in [3.63, 3.8) is 0 Å². The van der Waals surface area contributed by atoms with Crippen molar-refractivity contribution in [2.45, 2.75) is 11.3 Å². The number of esters is 1. The number of carbonyl (C=O) groups excluding carboxylic acids is 2. The predicted molar refractivity (Wildman–Crippen MR) is 133 cm³/mol. The van der Waals surface area contributed by atoms with E-state index in [4.69, 9.17) is 14.2 Å². The van der Waals surface area contributed by atoms with E-state index in [1.54, 1.807) is 36.4 Å². The molecule has 0 atom stereocenters. The molecular formula is C27H23NO7S. The number of fused-ring (bicyclic) bond motifs is 2. The third-order valence-electron chi connectivity index (χ3n) is 5.93. The fourth-order valence-corrected chi connectivity index (χ4v) is 5.59. The SMILES string of the molecule is O=C(/C=C/c1ccc(S(=O)(=O)N2CCc3ccccc32)cc1)OCC(=O)c1ccc2c(c1)OCCO2. The number of sulfonamides is 1. The van der Waals surface area contributed by atoms with Gasteiger partial charge in [0, 0.05) is 18.2 Å². The molecule has 9 heteroatoms. The van der Waals surface area contributed by atoms with Gasteiger partial charge in [0.1, 0.15) is 13.2 Å². The van der Waals surface area contributed by atoms with Crippen LogP contribution in [0, 0.1) is 0 Å². The maximum atomic E-state index is 13.1. The van der Waals surface area contributed by atoms with E-state index in [2.05, 4.69) is 0 Å². The van der Waals surface area contributed by atoms with Crippen LogP contribution in [0.1, 0.15) is 21.5 Å². The van der Waals surface area contributed by atoms with Crippen LogP contribution in [0.15, 0.2) is 77.7 Å². The molecule has 0 bridgehead atoms. The number of hydrogen-bond acceptors (Lipinski definition) is 7. The molecule has 3 aromatic rings. The highest BCUT2D eigenvalue weighted by atomic mass is 32.2. The minimum absolute atomic E-state index is 0.170. The lowest BCUT2D eigenvalue weighted by Crippen LogP contribution is -2.29. The van der Waals surface area contributed by atoms with Crippen molar-refractivity contribution >= 4 is 33.5 Å². The van der Waals surface area contributed by atoms with Gasteiger partial charge < -0.3 is 14.2 Å². The summed E-state index contributed by atoms with van der Waals surface area (Å²) in [6.07, 6.45) is 3.37. The van der Waals surface area contributed by atoms with Gasteiger partial charge in [-0.15, -0.1) is 0 Å². The molecule has 0 N–H and O–H groups in total. The van der Waals surface area contributed by atoms with E-state index < -0.39 is 22.6 Å². The summed E-state index contributed by atoms with van der Waals surface area (Å²) in [5.41, 5.74) is 2.68. The van der Waals surface area contributed by atoms with Crippen molar-refractivity contribution in [2.24, 2.45) is 0 Å². The zero-order chi connectivity index (χ0) is 25.1. The molecule has 2 heterocycles. The Morgan fingerprint density at radius 1 is 0.944 bits per heavy atom. The van der Waals surface area contributed by atoms with Crippen molar-refractivity contribution in [1.82, 2.24) is 0 Å². The minimum Gasteiger partial charge on any atom is -0.486 e. The molecule has 2 aliphatic heterocycles. The van der Waals surface area contributed by atoms with Gasteiger partial charge in [-0.3, -0.25) is 9.10 Å². The molecule has 2 aliphatic rings. The predicted octanol–water partition coefficient (Wildman–Crippen LogP) is 3.65. The van der Waals surface area contributed by atoms with E-state index >= 15 is 0 Å². The molecule has 36 heavy (non-hydrogen) atoms. The van der Waals surface area contributed by atoms with Gasteiger partial charge in [0.25, 0.3) is 10.0 Å². The van der Waals surface area contributed by atoms with E-state index in [-0.39, 0.29) is 10.7 Å². The Morgan fingerprint density at radius 2 is 1.69 bits per heavy atom. The monoisotopic (exact) mass is 505 g/mol. The second kappa shape index (κ2) is 9.87. The minimum atomic E-state index is -3.69. The third-order valence-corrected chi connectivity index (χ3v) is 7.76. The number of benzene rings is 3. The summed E-state index contributed by atoms with van der Waals surface area (Å²) < 4.78 is 43.6. The highest BCUT2D eigenvalue weighted by Crippen LogP contribution is 2.33. The molecule has 0 saturated carbocycles. The van der Waals surface area contributed by atoms with Crippen LogP contribution in [0.4, 0.5) is 5.69 Å². The number of para-hydroxylation sites is 1. The summed E-state index contributed by atoms with van der Waals surface area (Å²) in [5, 5.41) is 0. The molecular weight excluding hydrogens is 482 g/mol. The Morgan fingerprint density at radius 3 is 2.50 bits per heavy atom. The molecule has 0 radical (unpaired) electrons. The molecule has 0 aliphatic carbocycles. The molecule has 8 nitrogen and oxygen atoms in total. The lowest BCUT2D eigenvalue weighted by Gasteiger charge is -2.19. The van der Waals surface area contributed by atoms with Crippen molar-refractivity contribution in [3.8, 4) is 11.5 Å². The normalized spacial score (nSPS) is 14.5. The molecule has 3 aromatic carbocycles. The van der Waals surface area contributed by atoms with Crippen LogP contribution in [-0.2, 0) is 26.0 Å². The second-order valence-electron chi connectivity index (χ2n) is 8.25. The maximum absolute atomic E-state index is 13.1. The molecule has 0 amide bonds. The summed E-state index contributed by atoms with van der Waals surface area (Å²) in [4.78, 5) is 24.6. The van der Waals surface area contributed by atoms with E-state index in [0.29, 0.717) is 54.5 Å². The molecule has 0 spiro atoms. The quantitative estimate of drug-likeness (QED) is 0.275. The van der Waals surface area contributed by atoms with Crippen LogP contribution in [0.25, 0.3) is 6.08 Å². The van der Waals surface area contributed by atoms with E-state index in [0.717, 1.165) is 5.56 Å². The highest BCUT2D eigenvalue weighted by Gasteiger charge is 2.30. The Kier molecular flexibility index (Phi) is 6.47. The van der Waals surface area contributed by atoms with E-state index in [9.17, 15) is 18.0 Å². The topological polar surface area (TPSA) is 99.2 Å².